The van der Waals surface area contributed by atoms with Gasteiger partial charge < -0.3 is 19.5 Å². The molecule has 0 atom stereocenters. The van der Waals surface area contributed by atoms with Gasteiger partial charge in [-0.25, -0.2) is 9.78 Å². The smallest absolute Gasteiger partial charge is 0.407 e. The molecule has 160 valence electrons. The van der Waals surface area contributed by atoms with E-state index in [0.717, 1.165) is 50.2 Å². The lowest BCUT2D eigenvalue weighted by Gasteiger charge is -2.30. The van der Waals surface area contributed by atoms with Gasteiger partial charge in [-0.15, -0.1) is 0 Å². The van der Waals surface area contributed by atoms with Crippen molar-refractivity contribution in [1.82, 2.24) is 19.4 Å². The van der Waals surface area contributed by atoms with Crippen molar-refractivity contribution in [2.75, 3.05) is 26.2 Å². The maximum Gasteiger partial charge on any atom is 0.407 e. The van der Waals surface area contributed by atoms with Gasteiger partial charge in [-0.2, -0.15) is 0 Å². The fourth-order valence-corrected chi connectivity index (χ4v) is 4.42. The van der Waals surface area contributed by atoms with E-state index in [1.54, 1.807) is 6.20 Å². The first kappa shape index (κ1) is 20.4. The summed E-state index contributed by atoms with van der Waals surface area (Å²) in [7, 11) is 0. The normalized spacial score (nSPS) is 17.5. The van der Waals surface area contributed by atoms with Gasteiger partial charge in [-0.3, -0.25) is 4.79 Å². The molecule has 0 unspecified atom stereocenters. The quantitative estimate of drug-likeness (QED) is 0.811. The van der Waals surface area contributed by atoms with Gasteiger partial charge in [0, 0.05) is 32.7 Å². The molecule has 1 N–H and O–H groups in total. The van der Waals surface area contributed by atoms with Crippen LogP contribution in [0.4, 0.5) is 4.79 Å². The van der Waals surface area contributed by atoms with Crippen molar-refractivity contribution in [2.45, 2.75) is 45.6 Å². The predicted molar refractivity (Wildman–Crippen MR) is 115 cm³/mol. The molecule has 0 saturated carbocycles. The van der Waals surface area contributed by atoms with E-state index in [4.69, 9.17) is 5.11 Å². The zero-order valence-electron chi connectivity index (χ0n) is 17.8. The van der Waals surface area contributed by atoms with Gasteiger partial charge in [0.05, 0.1) is 11.9 Å². The monoisotopic (exact) mass is 410 g/mol. The molecule has 4 rings (SSSR count). The van der Waals surface area contributed by atoms with Crippen molar-refractivity contribution >= 4 is 12.0 Å². The van der Waals surface area contributed by atoms with Crippen LogP contribution in [0.15, 0.2) is 30.5 Å². The number of carbonyl (C=O) groups excluding carboxylic acids is 1. The second kappa shape index (κ2) is 8.50. The van der Waals surface area contributed by atoms with E-state index in [2.05, 4.69) is 43.1 Å². The van der Waals surface area contributed by atoms with Crippen molar-refractivity contribution in [3.63, 3.8) is 0 Å². The minimum atomic E-state index is -0.827. The number of piperidine rings is 1. The first-order valence-corrected chi connectivity index (χ1v) is 10.9. The van der Waals surface area contributed by atoms with Gasteiger partial charge in [0.15, 0.2) is 5.82 Å². The van der Waals surface area contributed by atoms with E-state index < -0.39 is 6.09 Å². The molecule has 3 heterocycles. The summed E-state index contributed by atoms with van der Waals surface area (Å²) >= 11 is 0. The molecular weight excluding hydrogens is 380 g/mol. The zero-order chi connectivity index (χ0) is 21.3. The number of carboxylic acid groups (broad SMARTS) is 1. The number of aromatic nitrogens is 2. The van der Waals surface area contributed by atoms with Crippen LogP contribution in [0.1, 0.15) is 55.2 Å². The number of carbonyl (C=O) groups is 2. The average Bonchev–Trinajstić information content (AvgIpc) is 3.18. The molecule has 2 aliphatic rings. The van der Waals surface area contributed by atoms with Gasteiger partial charge in [0.25, 0.3) is 5.91 Å². The Labute approximate surface area is 177 Å². The Bertz CT molecular complexity index is 911. The summed E-state index contributed by atoms with van der Waals surface area (Å²) < 4.78 is 2.04. The van der Waals surface area contributed by atoms with Crippen LogP contribution in [0.2, 0.25) is 0 Å². The first-order chi connectivity index (χ1) is 14.4. The molecule has 2 aliphatic heterocycles. The lowest BCUT2D eigenvalue weighted by Crippen LogP contribution is -2.41. The molecule has 1 aromatic heterocycles. The first-order valence-electron chi connectivity index (χ1n) is 10.9. The number of hydrogen-bond donors (Lipinski definition) is 1. The van der Waals surface area contributed by atoms with E-state index in [0.29, 0.717) is 30.7 Å². The number of hydrogen-bond acceptors (Lipinski definition) is 3. The molecule has 1 fully saturated rings. The summed E-state index contributed by atoms with van der Waals surface area (Å²) in [5, 5.41) is 9.11. The third kappa shape index (κ3) is 4.06. The molecule has 0 bridgehead atoms. The van der Waals surface area contributed by atoms with Crippen LogP contribution in [0.5, 0.6) is 0 Å². The van der Waals surface area contributed by atoms with E-state index in [-0.39, 0.29) is 5.91 Å². The third-order valence-corrected chi connectivity index (χ3v) is 6.35. The maximum absolute atomic E-state index is 12.8. The molecular formula is C23H30N4O3. The number of likely N-dealkylation sites (tertiary alicyclic amines) is 1. The lowest BCUT2D eigenvalue weighted by molar-refractivity contribution is 0.0689. The Morgan fingerprint density at radius 2 is 1.83 bits per heavy atom. The van der Waals surface area contributed by atoms with E-state index in [1.807, 2.05) is 9.47 Å². The van der Waals surface area contributed by atoms with Crippen LogP contribution >= 0.6 is 0 Å². The zero-order valence-corrected chi connectivity index (χ0v) is 17.8. The Kier molecular flexibility index (Phi) is 5.79. The fraction of sp³-hybridized carbons (Fsp3) is 0.522. The van der Waals surface area contributed by atoms with Crippen LogP contribution in [0.25, 0.3) is 11.3 Å². The largest absolute Gasteiger partial charge is 0.465 e. The van der Waals surface area contributed by atoms with E-state index in [1.165, 1.54) is 10.5 Å². The minimum Gasteiger partial charge on any atom is -0.465 e. The van der Waals surface area contributed by atoms with Gasteiger partial charge >= 0.3 is 6.09 Å². The summed E-state index contributed by atoms with van der Waals surface area (Å²) in [5.74, 6) is 1.52. The highest BCUT2D eigenvalue weighted by Gasteiger charge is 2.28. The van der Waals surface area contributed by atoms with Crippen molar-refractivity contribution in [1.29, 1.82) is 0 Å². The van der Waals surface area contributed by atoms with E-state index >= 15 is 0 Å². The molecule has 7 nitrogen and oxygen atoms in total. The molecule has 2 aromatic rings. The number of nitrogens with zero attached hydrogens (tertiary/aromatic N) is 4. The van der Waals surface area contributed by atoms with Gasteiger partial charge in [-0.1, -0.05) is 38.1 Å². The van der Waals surface area contributed by atoms with E-state index in [9.17, 15) is 9.59 Å². The van der Waals surface area contributed by atoms with Gasteiger partial charge in [-0.05, 0) is 42.2 Å². The third-order valence-electron chi connectivity index (χ3n) is 6.35. The van der Waals surface area contributed by atoms with Gasteiger partial charge in [0.2, 0.25) is 0 Å². The fourth-order valence-electron chi connectivity index (χ4n) is 4.42. The molecule has 1 saturated heterocycles. The molecule has 30 heavy (non-hydrogen) atoms. The summed E-state index contributed by atoms with van der Waals surface area (Å²) in [6.45, 7) is 7.81. The highest BCUT2D eigenvalue weighted by Crippen LogP contribution is 2.31. The second-order valence-electron chi connectivity index (χ2n) is 8.76. The average molecular weight is 411 g/mol. The Hall–Kier alpha value is -2.83. The van der Waals surface area contributed by atoms with Crippen molar-refractivity contribution in [2.24, 2.45) is 5.92 Å². The lowest BCUT2D eigenvalue weighted by atomic mass is 9.89. The topological polar surface area (TPSA) is 78.7 Å². The van der Waals surface area contributed by atoms with Crippen LogP contribution in [0, 0.1) is 5.92 Å². The van der Waals surface area contributed by atoms with Crippen molar-refractivity contribution in [3.8, 4) is 11.3 Å². The van der Waals surface area contributed by atoms with Crippen LogP contribution in [-0.4, -0.2) is 62.6 Å². The molecule has 1 aromatic carbocycles. The number of fused-ring (bicyclic) bond motifs is 1. The summed E-state index contributed by atoms with van der Waals surface area (Å²) in [6.07, 6.45) is 3.70. The van der Waals surface area contributed by atoms with Crippen molar-refractivity contribution in [3.05, 3.63) is 41.9 Å². The predicted octanol–water partition coefficient (Wildman–Crippen LogP) is 3.91. The van der Waals surface area contributed by atoms with Gasteiger partial charge in [0.1, 0.15) is 0 Å². The van der Waals surface area contributed by atoms with Crippen LogP contribution < -0.4 is 0 Å². The summed E-state index contributed by atoms with van der Waals surface area (Å²) in [6, 6.07) is 8.46. The highest BCUT2D eigenvalue weighted by molar-refractivity contribution is 5.92. The van der Waals surface area contributed by atoms with Crippen molar-refractivity contribution < 1.29 is 14.7 Å². The highest BCUT2D eigenvalue weighted by atomic mass is 16.4. The molecule has 2 amide bonds. The number of imidazole rings is 1. The Balaban J connectivity index is 1.46. The maximum atomic E-state index is 12.8. The molecule has 0 radical (unpaired) electrons. The van der Waals surface area contributed by atoms with Crippen LogP contribution in [-0.2, 0) is 6.54 Å². The standard InChI is InChI=1S/C23H30N4O3/c1-16(2)7-10-25-13-14-27-20(15-24-21(27)22(25)28)19-5-3-17(4-6-19)18-8-11-26(12-9-18)23(29)30/h3-6,15-16,18H,7-14H2,1-2H3,(H,29,30). The SMILES string of the molecule is CC(C)CCN1CCn2c(-c3ccc(C4CCN(C(=O)O)CC4)cc3)cnc2C1=O. The summed E-state index contributed by atoms with van der Waals surface area (Å²) in [5.41, 5.74) is 3.29. The van der Waals surface area contributed by atoms with Crippen LogP contribution in [0.3, 0.4) is 0 Å². The number of amides is 2. The number of rotatable bonds is 5. The summed E-state index contributed by atoms with van der Waals surface area (Å²) in [4.78, 5) is 31.7. The number of benzene rings is 1. The molecule has 0 spiro atoms. The Morgan fingerprint density at radius 3 is 2.47 bits per heavy atom. The Morgan fingerprint density at radius 1 is 1.13 bits per heavy atom. The minimum absolute atomic E-state index is 0.0231. The molecule has 7 heteroatoms. The molecule has 0 aliphatic carbocycles. The second-order valence-corrected chi connectivity index (χ2v) is 8.76.